The van der Waals surface area contributed by atoms with Gasteiger partial charge in [0.05, 0.1) is 21.3 Å². The van der Waals surface area contributed by atoms with Crippen LogP contribution in [0.4, 0.5) is 0 Å². The summed E-state index contributed by atoms with van der Waals surface area (Å²) in [6, 6.07) is 11.7. The average molecular weight is 417 g/mol. The van der Waals surface area contributed by atoms with Crippen molar-refractivity contribution in [1.29, 1.82) is 0 Å². The second-order valence-corrected chi connectivity index (χ2v) is 7.91. The van der Waals surface area contributed by atoms with Crippen LogP contribution in [0.2, 0.25) is 0 Å². The molecular formula is C24H32O6. The molecule has 0 radical (unpaired) electrons. The SMILES string of the molecule is COc1cc(CCCc2cccc(OCC(=O)OC(C)(C)C)c2)cc(OC)c1OC. The summed E-state index contributed by atoms with van der Waals surface area (Å²) in [6.45, 7) is 5.39. The second kappa shape index (κ2) is 10.8. The van der Waals surface area contributed by atoms with E-state index in [1.807, 2.05) is 51.1 Å². The van der Waals surface area contributed by atoms with E-state index in [4.69, 9.17) is 23.7 Å². The molecule has 0 atom stereocenters. The summed E-state index contributed by atoms with van der Waals surface area (Å²) in [5.41, 5.74) is 1.74. The number of ether oxygens (including phenoxy) is 5. The van der Waals surface area contributed by atoms with E-state index in [2.05, 4.69) is 6.07 Å². The first kappa shape index (κ1) is 23.4. The van der Waals surface area contributed by atoms with E-state index in [9.17, 15) is 4.79 Å². The van der Waals surface area contributed by atoms with E-state index >= 15 is 0 Å². The molecule has 0 bridgehead atoms. The van der Waals surface area contributed by atoms with Crippen molar-refractivity contribution in [3.63, 3.8) is 0 Å². The highest BCUT2D eigenvalue weighted by atomic mass is 16.6. The fourth-order valence-electron chi connectivity index (χ4n) is 3.08. The fourth-order valence-corrected chi connectivity index (χ4v) is 3.08. The van der Waals surface area contributed by atoms with Gasteiger partial charge in [-0.3, -0.25) is 0 Å². The largest absolute Gasteiger partial charge is 0.493 e. The molecule has 0 heterocycles. The van der Waals surface area contributed by atoms with Gasteiger partial charge in [0.2, 0.25) is 5.75 Å². The first-order valence-corrected chi connectivity index (χ1v) is 9.98. The molecule has 6 heteroatoms. The molecule has 6 nitrogen and oxygen atoms in total. The molecular weight excluding hydrogens is 384 g/mol. The summed E-state index contributed by atoms with van der Waals surface area (Å²) in [7, 11) is 4.83. The molecule has 2 aromatic carbocycles. The van der Waals surface area contributed by atoms with E-state index in [0.29, 0.717) is 23.0 Å². The van der Waals surface area contributed by atoms with Crippen molar-refractivity contribution in [2.24, 2.45) is 0 Å². The van der Waals surface area contributed by atoms with Crippen LogP contribution in [0, 0.1) is 0 Å². The second-order valence-electron chi connectivity index (χ2n) is 7.91. The van der Waals surface area contributed by atoms with Crippen molar-refractivity contribution < 1.29 is 28.5 Å². The highest BCUT2D eigenvalue weighted by molar-refractivity contribution is 5.71. The Bertz CT molecular complexity index is 813. The molecule has 2 rings (SSSR count). The van der Waals surface area contributed by atoms with Crippen molar-refractivity contribution in [2.45, 2.75) is 45.6 Å². The van der Waals surface area contributed by atoms with Crippen LogP contribution in [0.5, 0.6) is 23.0 Å². The minimum atomic E-state index is -0.519. The minimum absolute atomic E-state index is 0.105. The Hall–Kier alpha value is -2.89. The molecule has 0 spiro atoms. The van der Waals surface area contributed by atoms with E-state index < -0.39 is 5.60 Å². The van der Waals surface area contributed by atoms with Crippen LogP contribution in [0.25, 0.3) is 0 Å². The van der Waals surface area contributed by atoms with Gasteiger partial charge in [-0.15, -0.1) is 0 Å². The third-order valence-electron chi connectivity index (χ3n) is 4.33. The van der Waals surface area contributed by atoms with E-state index in [1.54, 1.807) is 21.3 Å². The summed E-state index contributed by atoms with van der Waals surface area (Å²) in [5.74, 6) is 2.19. The number of benzene rings is 2. The van der Waals surface area contributed by atoms with E-state index in [-0.39, 0.29) is 12.6 Å². The third-order valence-corrected chi connectivity index (χ3v) is 4.33. The molecule has 2 aromatic rings. The van der Waals surface area contributed by atoms with Gasteiger partial charge in [0.15, 0.2) is 18.1 Å². The Labute approximate surface area is 179 Å². The van der Waals surface area contributed by atoms with Crippen molar-refractivity contribution in [3.8, 4) is 23.0 Å². The van der Waals surface area contributed by atoms with Gasteiger partial charge in [0, 0.05) is 0 Å². The number of carbonyl (C=O) groups is 1. The van der Waals surface area contributed by atoms with Gasteiger partial charge in [-0.1, -0.05) is 12.1 Å². The number of rotatable bonds is 10. The quantitative estimate of drug-likeness (QED) is 0.527. The zero-order valence-corrected chi connectivity index (χ0v) is 18.7. The van der Waals surface area contributed by atoms with Crippen LogP contribution < -0.4 is 18.9 Å². The predicted molar refractivity (Wildman–Crippen MR) is 116 cm³/mol. The monoisotopic (exact) mass is 416 g/mol. The number of aryl methyl sites for hydroxylation is 2. The summed E-state index contributed by atoms with van der Waals surface area (Å²) in [4.78, 5) is 11.8. The first-order valence-electron chi connectivity index (χ1n) is 9.98. The molecule has 0 unspecified atom stereocenters. The molecule has 0 aliphatic carbocycles. The number of hydrogen-bond donors (Lipinski definition) is 0. The van der Waals surface area contributed by atoms with Crippen LogP contribution in [0.1, 0.15) is 38.3 Å². The van der Waals surface area contributed by atoms with Crippen LogP contribution in [-0.2, 0) is 22.4 Å². The lowest BCUT2D eigenvalue weighted by molar-refractivity contribution is -0.157. The maximum atomic E-state index is 11.8. The molecule has 0 aliphatic heterocycles. The van der Waals surface area contributed by atoms with Crippen LogP contribution in [0.15, 0.2) is 36.4 Å². The molecule has 0 saturated carbocycles. The fraction of sp³-hybridized carbons (Fsp3) is 0.458. The molecule has 0 aromatic heterocycles. The van der Waals surface area contributed by atoms with E-state index in [1.165, 1.54) is 0 Å². The Morgan fingerprint density at radius 2 is 1.50 bits per heavy atom. The number of carbonyl (C=O) groups excluding carboxylic acids is 1. The lowest BCUT2D eigenvalue weighted by atomic mass is 10.0. The average Bonchev–Trinajstić information content (AvgIpc) is 2.70. The Morgan fingerprint density at radius 1 is 0.867 bits per heavy atom. The van der Waals surface area contributed by atoms with Crippen LogP contribution in [-0.4, -0.2) is 39.5 Å². The van der Waals surface area contributed by atoms with Crippen molar-refractivity contribution in [1.82, 2.24) is 0 Å². The third kappa shape index (κ3) is 7.17. The van der Waals surface area contributed by atoms with Gasteiger partial charge in [-0.2, -0.15) is 0 Å². The lowest BCUT2D eigenvalue weighted by Crippen LogP contribution is -2.27. The maximum Gasteiger partial charge on any atom is 0.344 e. The molecule has 0 amide bonds. The van der Waals surface area contributed by atoms with Gasteiger partial charge in [-0.05, 0) is 75.4 Å². The highest BCUT2D eigenvalue weighted by Gasteiger charge is 2.16. The lowest BCUT2D eigenvalue weighted by Gasteiger charge is -2.19. The van der Waals surface area contributed by atoms with Gasteiger partial charge in [0.25, 0.3) is 0 Å². The molecule has 30 heavy (non-hydrogen) atoms. The number of hydrogen-bond acceptors (Lipinski definition) is 6. The summed E-state index contributed by atoms with van der Waals surface area (Å²) in [6.07, 6.45) is 2.67. The summed E-state index contributed by atoms with van der Waals surface area (Å²) >= 11 is 0. The van der Waals surface area contributed by atoms with Crippen molar-refractivity contribution >= 4 is 5.97 Å². The zero-order valence-electron chi connectivity index (χ0n) is 18.7. The minimum Gasteiger partial charge on any atom is -0.493 e. The summed E-state index contributed by atoms with van der Waals surface area (Å²) in [5, 5.41) is 0. The van der Waals surface area contributed by atoms with Crippen molar-refractivity contribution in [3.05, 3.63) is 47.5 Å². The Balaban J connectivity index is 1.93. The topological polar surface area (TPSA) is 63.2 Å². The standard InChI is InChI=1S/C24H32O6/c1-24(2,3)30-22(25)16-29-19-12-8-10-17(13-19)9-7-11-18-14-20(26-4)23(28-6)21(15-18)27-5/h8,10,12-15H,7,9,11,16H2,1-6H3. The molecule has 0 saturated heterocycles. The van der Waals surface area contributed by atoms with Gasteiger partial charge >= 0.3 is 5.97 Å². The first-order chi connectivity index (χ1) is 14.3. The van der Waals surface area contributed by atoms with Crippen LogP contribution >= 0.6 is 0 Å². The Kier molecular flexibility index (Phi) is 8.39. The molecule has 0 N–H and O–H groups in total. The Morgan fingerprint density at radius 3 is 2.07 bits per heavy atom. The normalized spacial score (nSPS) is 11.0. The summed E-state index contributed by atoms with van der Waals surface area (Å²) < 4.78 is 27.1. The molecule has 164 valence electrons. The molecule has 0 aliphatic rings. The predicted octanol–water partition coefficient (Wildman–Crippen LogP) is 4.61. The number of methoxy groups -OCH3 is 3. The van der Waals surface area contributed by atoms with Gasteiger partial charge in [-0.25, -0.2) is 4.79 Å². The smallest absolute Gasteiger partial charge is 0.344 e. The maximum absolute atomic E-state index is 11.8. The highest BCUT2D eigenvalue weighted by Crippen LogP contribution is 2.38. The molecule has 0 fully saturated rings. The van der Waals surface area contributed by atoms with Gasteiger partial charge in [0.1, 0.15) is 11.4 Å². The van der Waals surface area contributed by atoms with Crippen molar-refractivity contribution in [2.75, 3.05) is 27.9 Å². The van der Waals surface area contributed by atoms with Crippen LogP contribution in [0.3, 0.4) is 0 Å². The van der Waals surface area contributed by atoms with E-state index in [0.717, 1.165) is 30.4 Å². The number of esters is 1. The zero-order chi connectivity index (χ0) is 22.1. The van der Waals surface area contributed by atoms with Gasteiger partial charge < -0.3 is 23.7 Å².